The molecule has 0 amide bonds. The summed E-state index contributed by atoms with van der Waals surface area (Å²) in [4.78, 5) is 4.46. The molecule has 0 unspecified atom stereocenters. The van der Waals surface area contributed by atoms with E-state index in [9.17, 15) is 5.11 Å². The molecule has 0 aliphatic carbocycles. The van der Waals surface area contributed by atoms with Gasteiger partial charge >= 0.3 is 0 Å². The van der Waals surface area contributed by atoms with Gasteiger partial charge in [0.2, 0.25) is 0 Å². The summed E-state index contributed by atoms with van der Waals surface area (Å²) in [7, 11) is 0. The van der Waals surface area contributed by atoms with Crippen molar-refractivity contribution in [2.45, 2.75) is 19.9 Å². The largest absolute Gasteiger partial charge is 0.508 e. The maximum Gasteiger partial charge on any atom is 0.191 e. The molecule has 22 heavy (non-hydrogen) atoms. The molecule has 5 nitrogen and oxygen atoms in total. The third-order valence-electron chi connectivity index (χ3n) is 2.93. The summed E-state index contributed by atoms with van der Waals surface area (Å²) in [6.45, 7) is 4.08. The molecule has 2 aromatic rings. The Morgan fingerprint density at radius 3 is 2.77 bits per heavy atom. The molecule has 0 aliphatic rings. The Bertz CT molecular complexity index is 571. The SMILES string of the molecule is CCNC(=NCc1ccco1)NCCc1cccc(O)c1.I. The highest BCUT2D eigenvalue weighted by molar-refractivity contribution is 14.0. The molecule has 1 aromatic carbocycles. The number of rotatable bonds is 6. The lowest BCUT2D eigenvalue weighted by molar-refractivity contribution is 0.474. The van der Waals surface area contributed by atoms with Gasteiger partial charge in [0.1, 0.15) is 18.1 Å². The molecule has 120 valence electrons. The highest BCUT2D eigenvalue weighted by Crippen LogP contribution is 2.10. The van der Waals surface area contributed by atoms with Gasteiger partial charge in [0.25, 0.3) is 0 Å². The first kappa shape index (κ1) is 18.3. The number of phenolic OH excluding ortho intramolecular Hbond substituents is 1. The van der Waals surface area contributed by atoms with Crippen LogP contribution in [0.1, 0.15) is 18.2 Å². The number of guanidine groups is 1. The van der Waals surface area contributed by atoms with Crippen LogP contribution in [-0.4, -0.2) is 24.2 Å². The maximum atomic E-state index is 9.43. The average molecular weight is 415 g/mol. The van der Waals surface area contributed by atoms with Gasteiger partial charge in [0, 0.05) is 13.1 Å². The van der Waals surface area contributed by atoms with E-state index in [0.29, 0.717) is 12.3 Å². The number of phenols is 1. The Morgan fingerprint density at radius 2 is 2.09 bits per heavy atom. The summed E-state index contributed by atoms with van der Waals surface area (Å²) in [5.41, 5.74) is 1.09. The summed E-state index contributed by atoms with van der Waals surface area (Å²) in [6, 6.07) is 11.0. The van der Waals surface area contributed by atoms with Gasteiger partial charge < -0.3 is 20.2 Å². The predicted octanol–water partition coefficient (Wildman–Crippen LogP) is 2.90. The van der Waals surface area contributed by atoms with Crippen LogP contribution < -0.4 is 10.6 Å². The van der Waals surface area contributed by atoms with E-state index in [0.717, 1.165) is 36.8 Å². The first-order chi connectivity index (χ1) is 10.3. The van der Waals surface area contributed by atoms with Gasteiger partial charge in [0.15, 0.2) is 5.96 Å². The van der Waals surface area contributed by atoms with Gasteiger partial charge in [-0.25, -0.2) is 4.99 Å². The van der Waals surface area contributed by atoms with E-state index in [4.69, 9.17) is 4.42 Å². The van der Waals surface area contributed by atoms with Gasteiger partial charge in [-0.3, -0.25) is 0 Å². The monoisotopic (exact) mass is 415 g/mol. The first-order valence-electron chi connectivity index (χ1n) is 7.10. The number of hydrogen-bond acceptors (Lipinski definition) is 3. The first-order valence-corrected chi connectivity index (χ1v) is 7.10. The van der Waals surface area contributed by atoms with Crippen LogP contribution in [0.2, 0.25) is 0 Å². The third kappa shape index (κ3) is 6.38. The molecule has 0 fully saturated rings. The average Bonchev–Trinajstić information content (AvgIpc) is 2.98. The topological polar surface area (TPSA) is 69.8 Å². The van der Waals surface area contributed by atoms with Crippen molar-refractivity contribution in [2.75, 3.05) is 13.1 Å². The minimum absolute atomic E-state index is 0. The minimum atomic E-state index is 0. The molecule has 0 radical (unpaired) electrons. The molecule has 3 N–H and O–H groups in total. The summed E-state index contributed by atoms with van der Waals surface area (Å²) < 4.78 is 5.26. The van der Waals surface area contributed by atoms with E-state index < -0.39 is 0 Å². The number of furan rings is 1. The summed E-state index contributed by atoms with van der Waals surface area (Å²) in [5.74, 6) is 1.89. The molecule has 0 atom stereocenters. The van der Waals surface area contributed by atoms with Gasteiger partial charge in [-0.2, -0.15) is 0 Å². The second kappa shape index (κ2) is 10.1. The summed E-state index contributed by atoms with van der Waals surface area (Å²) in [5, 5.41) is 15.9. The smallest absolute Gasteiger partial charge is 0.191 e. The predicted molar refractivity (Wildman–Crippen MR) is 98.8 cm³/mol. The molecule has 6 heteroatoms. The van der Waals surface area contributed by atoms with Crippen molar-refractivity contribution in [3.63, 3.8) is 0 Å². The lowest BCUT2D eigenvalue weighted by Gasteiger charge is -2.11. The van der Waals surface area contributed by atoms with Crippen molar-refractivity contribution >= 4 is 29.9 Å². The Morgan fingerprint density at radius 1 is 1.23 bits per heavy atom. The fourth-order valence-electron chi connectivity index (χ4n) is 1.94. The second-order valence-electron chi connectivity index (χ2n) is 4.62. The van der Waals surface area contributed by atoms with E-state index in [1.807, 2.05) is 31.2 Å². The molecule has 0 saturated heterocycles. The number of benzene rings is 1. The Labute approximate surface area is 147 Å². The molecule has 0 bridgehead atoms. The van der Waals surface area contributed by atoms with Crippen molar-refractivity contribution in [3.05, 3.63) is 54.0 Å². The lowest BCUT2D eigenvalue weighted by atomic mass is 10.1. The zero-order valence-corrected chi connectivity index (χ0v) is 14.9. The highest BCUT2D eigenvalue weighted by Gasteiger charge is 2.00. The molecule has 1 aromatic heterocycles. The summed E-state index contributed by atoms with van der Waals surface area (Å²) in [6.07, 6.45) is 2.46. The lowest BCUT2D eigenvalue weighted by Crippen LogP contribution is -2.38. The van der Waals surface area contributed by atoms with Gasteiger partial charge in [-0.05, 0) is 43.2 Å². The third-order valence-corrected chi connectivity index (χ3v) is 2.93. The van der Waals surface area contributed by atoms with Gasteiger partial charge in [0.05, 0.1) is 6.26 Å². The molecule has 0 spiro atoms. The molecule has 0 saturated carbocycles. The fourth-order valence-corrected chi connectivity index (χ4v) is 1.94. The number of hydrogen-bond donors (Lipinski definition) is 3. The molecular formula is C16H22IN3O2. The van der Waals surface area contributed by atoms with Crippen LogP contribution in [0.5, 0.6) is 5.75 Å². The van der Waals surface area contributed by atoms with Gasteiger partial charge in [-0.15, -0.1) is 24.0 Å². The Hall–Kier alpha value is -1.70. The Kier molecular flexibility index (Phi) is 8.42. The van der Waals surface area contributed by atoms with E-state index >= 15 is 0 Å². The van der Waals surface area contributed by atoms with Crippen LogP contribution in [0.15, 0.2) is 52.1 Å². The zero-order chi connectivity index (χ0) is 14.9. The van der Waals surface area contributed by atoms with Crippen LogP contribution in [0.25, 0.3) is 0 Å². The van der Waals surface area contributed by atoms with Crippen molar-refractivity contribution in [1.82, 2.24) is 10.6 Å². The molecule has 2 rings (SSSR count). The fraction of sp³-hybridized carbons (Fsp3) is 0.312. The second-order valence-corrected chi connectivity index (χ2v) is 4.62. The quantitative estimate of drug-likeness (QED) is 0.386. The minimum Gasteiger partial charge on any atom is -0.508 e. The van der Waals surface area contributed by atoms with Crippen LogP contribution in [0, 0.1) is 0 Å². The van der Waals surface area contributed by atoms with Crippen LogP contribution in [0.4, 0.5) is 0 Å². The van der Waals surface area contributed by atoms with Crippen molar-refractivity contribution < 1.29 is 9.52 Å². The number of nitrogens with one attached hydrogen (secondary N) is 2. The van der Waals surface area contributed by atoms with E-state index in [-0.39, 0.29) is 24.0 Å². The maximum absolute atomic E-state index is 9.43. The number of nitrogens with zero attached hydrogens (tertiary/aromatic N) is 1. The van der Waals surface area contributed by atoms with Crippen LogP contribution in [-0.2, 0) is 13.0 Å². The van der Waals surface area contributed by atoms with E-state index in [2.05, 4.69) is 15.6 Å². The normalized spacial score (nSPS) is 10.9. The highest BCUT2D eigenvalue weighted by atomic mass is 127. The number of aliphatic imine (C=N–C) groups is 1. The number of halogens is 1. The van der Waals surface area contributed by atoms with E-state index in [1.54, 1.807) is 18.4 Å². The van der Waals surface area contributed by atoms with E-state index in [1.165, 1.54) is 0 Å². The number of aromatic hydroxyl groups is 1. The molecule has 0 aliphatic heterocycles. The van der Waals surface area contributed by atoms with Crippen LogP contribution in [0.3, 0.4) is 0 Å². The van der Waals surface area contributed by atoms with Crippen molar-refractivity contribution in [2.24, 2.45) is 4.99 Å². The van der Waals surface area contributed by atoms with Gasteiger partial charge in [-0.1, -0.05) is 12.1 Å². The van der Waals surface area contributed by atoms with Crippen molar-refractivity contribution in [1.29, 1.82) is 0 Å². The van der Waals surface area contributed by atoms with Crippen molar-refractivity contribution in [3.8, 4) is 5.75 Å². The molecule has 1 heterocycles. The molecular weight excluding hydrogens is 393 g/mol. The summed E-state index contributed by atoms with van der Waals surface area (Å²) >= 11 is 0. The zero-order valence-electron chi connectivity index (χ0n) is 12.6. The van der Waals surface area contributed by atoms with Crippen LogP contribution >= 0.6 is 24.0 Å². The Balaban J connectivity index is 0.00000242. The standard InChI is InChI=1S/C16H21N3O2.HI/c1-2-17-16(19-12-15-7-4-10-21-15)18-9-8-13-5-3-6-14(20)11-13;/h3-7,10-11,20H,2,8-9,12H2,1H3,(H2,17,18,19);1H.